The van der Waals surface area contributed by atoms with Crippen molar-refractivity contribution in [2.24, 2.45) is 11.8 Å². The summed E-state index contributed by atoms with van der Waals surface area (Å²) in [6, 6.07) is 0. The minimum absolute atomic E-state index is 0.504. The molecular weight excluding hydrogens is 188 g/mol. The van der Waals surface area contributed by atoms with Gasteiger partial charge < -0.3 is 9.47 Å². The number of cyclic esters (lactones) is 2. The fourth-order valence-electron chi connectivity index (χ4n) is 1.38. The summed E-state index contributed by atoms with van der Waals surface area (Å²) in [5.41, 5.74) is 0. The highest BCUT2D eigenvalue weighted by molar-refractivity contribution is 5.91. The Balaban J connectivity index is 2.82. The summed E-state index contributed by atoms with van der Waals surface area (Å²) >= 11 is 0. The van der Waals surface area contributed by atoms with Gasteiger partial charge in [-0.2, -0.15) is 0 Å². The monoisotopic (exact) mass is 200 g/mol. The van der Waals surface area contributed by atoms with Crippen molar-refractivity contribution in [2.45, 2.75) is 26.9 Å². The Kier molecular flexibility index (Phi) is 2.88. The van der Waals surface area contributed by atoms with Crippen LogP contribution in [0.2, 0.25) is 0 Å². The lowest BCUT2D eigenvalue weighted by molar-refractivity contribution is -0.185. The zero-order valence-corrected chi connectivity index (χ0v) is 8.27. The van der Waals surface area contributed by atoms with E-state index in [-0.39, 0.29) is 0 Å². The Morgan fingerprint density at radius 2 is 1.64 bits per heavy atom. The Labute approximate surface area is 81.4 Å². The van der Waals surface area contributed by atoms with Gasteiger partial charge in [-0.05, 0) is 13.8 Å². The van der Waals surface area contributed by atoms with E-state index in [9.17, 15) is 14.4 Å². The third-order valence-electron chi connectivity index (χ3n) is 2.23. The second-order valence-electron chi connectivity index (χ2n) is 3.39. The van der Waals surface area contributed by atoms with Gasteiger partial charge in [0.25, 0.3) is 0 Å². The predicted octanol–water partition coefficient (Wildman–Crippen LogP) is 0.274. The number of carbonyl (C=O) groups excluding carboxylic acids is 3. The zero-order valence-electron chi connectivity index (χ0n) is 8.27. The van der Waals surface area contributed by atoms with Crippen molar-refractivity contribution in [2.75, 3.05) is 0 Å². The van der Waals surface area contributed by atoms with Crippen LogP contribution in [0.5, 0.6) is 0 Å². The zero-order chi connectivity index (χ0) is 10.9. The van der Waals surface area contributed by atoms with Crippen LogP contribution in [-0.4, -0.2) is 24.0 Å². The largest absolute Gasteiger partial charge is 0.461 e. The van der Waals surface area contributed by atoms with Gasteiger partial charge in [0.1, 0.15) is 6.10 Å². The van der Waals surface area contributed by atoms with E-state index in [4.69, 9.17) is 4.74 Å². The van der Waals surface area contributed by atoms with E-state index < -0.39 is 35.8 Å². The molecule has 0 aromatic rings. The van der Waals surface area contributed by atoms with Gasteiger partial charge in [-0.3, -0.25) is 14.4 Å². The average molecular weight is 200 g/mol. The Hall–Kier alpha value is -1.39. The van der Waals surface area contributed by atoms with Crippen LogP contribution in [0.25, 0.3) is 0 Å². The van der Waals surface area contributed by atoms with E-state index in [1.54, 1.807) is 13.8 Å². The van der Waals surface area contributed by atoms with Gasteiger partial charge in [0, 0.05) is 6.92 Å². The second kappa shape index (κ2) is 3.77. The van der Waals surface area contributed by atoms with Gasteiger partial charge in [-0.25, -0.2) is 0 Å². The molecule has 0 aromatic carbocycles. The van der Waals surface area contributed by atoms with Crippen LogP contribution >= 0.6 is 0 Å². The number of esters is 3. The molecule has 1 heterocycles. The number of hydrogen-bond acceptors (Lipinski definition) is 5. The van der Waals surface area contributed by atoms with E-state index in [1.807, 2.05) is 0 Å². The summed E-state index contributed by atoms with van der Waals surface area (Å²) in [6.07, 6.45) is -0.707. The molecule has 14 heavy (non-hydrogen) atoms. The predicted molar refractivity (Wildman–Crippen MR) is 45.0 cm³/mol. The fourth-order valence-corrected chi connectivity index (χ4v) is 1.38. The van der Waals surface area contributed by atoms with Gasteiger partial charge in [-0.1, -0.05) is 0 Å². The van der Waals surface area contributed by atoms with Gasteiger partial charge >= 0.3 is 17.9 Å². The van der Waals surface area contributed by atoms with Crippen LogP contribution in [0.3, 0.4) is 0 Å². The number of hydrogen-bond donors (Lipinski definition) is 0. The minimum Gasteiger partial charge on any atom is -0.461 e. The SMILES string of the molecule is CC(=O)OC1[C@H](C)C(=O)OC(=O)[C@@H]1C. The van der Waals surface area contributed by atoms with Crippen molar-refractivity contribution < 1.29 is 23.9 Å². The van der Waals surface area contributed by atoms with Gasteiger partial charge in [0.15, 0.2) is 0 Å². The van der Waals surface area contributed by atoms with Gasteiger partial charge in [0.05, 0.1) is 11.8 Å². The molecule has 1 fully saturated rings. The molecule has 1 aliphatic rings. The summed E-state index contributed by atoms with van der Waals surface area (Å²) in [5, 5.41) is 0. The third-order valence-corrected chi connectivity index (χ3v) is 2.23. The first kappa shape index (κ1) is 10.7. The van der Waals surface area contributed by atoms with Crippen LogP contribution in [-0.2, 0) is 23.9 Å². The first-order valence-electron chi connectivity index (χ1n) is 4.36. The third kappa shape index (κ3) is 1.92. The lowest BCUT2D eigenvalue weighted by Crippen LogP contribution is -2.46. The molecular formula is C9H12O5. The molecule has 0 amide bonds. The summed E-state index contributed by atoms with van der Waals surface area (Å²) < 4.78 is 9.35. The molecule has 0 N–H and O–H groups in total. The van der Waals surface area contributed by atoms with E-state index in [0.717, 1.165) is 0 Å². The Morgan fingerprint density at radius 1 is 1.21 bits per heavy atom. The molecule has 1 aliphatic heterocycles. The molecule has 0 bridgehead atoms. The summed E-state index contributed by atoms with van der Waals surface area (Å²) in [7, 11) is 0. The molecule has 0 spiro atoms. The first-order chi connectivity index (χ1) is 6.43. The van der Waals surface area contributed by atoms with E-state index in [2.05, 4.69) is 4.74 Å². The topological polar surface area (TPSA) is 69.7 Å². The van der Waals surface area contributed by atoms with Crippen molar-refractivity contribution >= 4 is 17.9 Å². The highest BCUT2D eigenvalue weighted by atomic mass is 16.6. The van der Waals surface area contributed by atoms with Crippen LogP contribution < -0.4 is 0 Å². The maximum Gasteiger partial charge on any atom is 0.320 e. The maximum atomic E-state index is 11.1. The normalized spacial score (nSPS) is 32.4. The number of ether oxygens (including phenoxy) is 2. The molecule has 0 aliphatic carbocycles. The molecule has 0 radical (unpaired) electrons. The highest BCUT2D eigenvalue weighted by Crippen LogP contribution is 2.25. The van der Waals surface area contributed by atoms with Gasteiger partial charge in [0.2, 0.25) is 0 Å². The minimum atomic E-state index is -0.707. The molecule has 3 atom stereocenters. The number of rotatable bonds is 1. The van der Waals surface area contributed by atoms with Crippen LogP contribution in [0.15, 0.2) is 0 Å². The summed E-state index contributed by atoms with van der Waals surface area (Å²) in [6.45, 7) is 4.38. The molecule has 5 heteroatoms. The first-order valence-corrected chi connectivity index (χ1v) is 4.36. The summed E-state index contributed by atoms with van der Waals surface area (Å²) in [4.78, 5) is 32.9. The number of carbonyl (C=O) groups is 3. The lowest BCUT2D eigenvalue weighted by Gasteiger charge is -2.30. The molecule has 1 unspecified atom stereocenters. The smallest absolute Gasteiger partial charge is 0.320 e. The van der Waals surface area contributed by atoms with E-state index in [0.29, 0.717) is 0 Å². The van der Waals surface area contributed by atoms with Crippen LogP contribution in [0.1, 0.15) is 20.8 Å². The second-order valence-corrected chi connectivity index (χ2v) is 3.39. The molecule has 1 saturated heterocycles. The average Bonchev–Trinajstić information content (AvgIpc) is 2.09. The lowest BCUT2D eigenvalue weighted by atomic mass is 9.91. The van der Waals surface area contributed by atoms with Crippen molar-refractivity contribution in [3.63, 3.8) is 0 Å². The van der Waals surface area contributed by atoms with Crippen LogP contribution in [0, 0.1) is 11.8 Å². The maximum absolute atomic E-state index is 11.1. The molecule has 78 valence electrons. The fraction of sp³-hybridized carbons (Fsp3) is 0.667. The van der Waals surface area contributed by atoms with E-state index >= 15 is 0 Å². The van der Waals surface area contributed by atoms with Crippen molar-refractivity contribution in [1.82, 2.24) is 0 Å². The highest BCUT2D eigenvalue weighted by Gasteiger charge is 2.43. The Morgan fingerprint density at radius 3 is 2.00 bits per heavy atom. The molecule has 0 aromatic heterocycles. The molecule has 0 saturated carbocycles. The Bertz CT molecular complexity index is 263. The van der Waals surface area contributed by atoms with Gasteiger partial charge in [-0.15, -0.1) is 0 Å². The van der Waals surface area contributed by atoms with Crippen LogP contribution in [0.4, 0.5) is 0 Å². The molecule has 5 nitrogen and oxygen atoms in total. The van der Waals surface area contributed by atoms with E-state index in [1.165, 1.54) is 6.92 Å². The summed E-state index contributed by atoms with van der Waals surface area (Å²) in [5.74, 6) is -2.96. The van der Waals surface area contributed by atoms with Crippen molar-refractivity contribution in [1.29, 1.82) is 0 Å². The van der Waals surface area contributed by atoms with Crippen molar-refractivity contribution in [3.8, 4) is 0 Å². The molecule has 1 rings (SSSR count). The quantitative estimate of drug-likeness (QED) is 0.449. The van der Waals surface area contributed by atoms with Crippen molar-refractivity contribution in [3.05, 3.63) is 0 Å². The standard InChI is InChI=1S/C9H12O5/c1-4-7(13-6(3)10)5(2)9(12)14-8(4)11/h4-5,7H,1-3H3/t4-,5+,7?.